The van der Waals surface area contributed by atoms with E-state index in [1.807, 2.05) is 61.5 Å². The minimum absolute atomic E-state index is 0.0713. The van der Waals surface area contributed by atoms with Crippen molar-refractivity contribution in [1.82, 2.24) is 15.6 Å². The maximum atomic E-state index is 12.1. The van der Waals surface area contributed by atoms with Crippen LogP contribution in [0.15, 0.2) is 72.9 Å². The molecule has 0 aliphatic carbocycles. The van der Waals surface area contributed by atoms with Gasteiger partial charge in [0.25, 0.3) is 0 Å². The molecule has 0 saturated heterocycles. The van der Waals surface area contributed by atoms with E-state index < -0.39 is 0 Å². The van der Waals surface area contributed by atoms with Gasteiger partial charge in [0.1, 0.15) is 11.5 Å². The molecule has 2 amide bonds. The van der Waals surface area contributed by atoms with Crippen molar-refractivity contribution in [3.8, 4) is 17.4 Å². The van der Waals surface area contributed by atoms with Gasteiger partial charge in [-0.3, -0.25) is 0 Å². The maximum absolute atomic E-state index is 12.1. The lowest BCUT2D eigenvalue weighted by molar-refractivity contribution is 0.237. The minimum Gasteiger partial charge on any atom is -0.497 e. The second kappa shape index (κ2) is 9.41. The summed E-state index contributed by atoms with van der Waals surface area (Å²) < 4.78 is 10.9. The smallest absolute Gasteiger partial charge is 0.315 e. The molecule has 0 fully saturated rings. The lowest BCUT2D eigenvalue weighted by atomic mass is 10.1. The average molecular weight is 377 g/mol. The number of carbonyl (C=O) groups is 1. The molecular formula is C22H23N3O3. The van der Waals surface area contributed by atoms with Gasteiger partial charge in [0.15, 0.2) is 0 Å². The highest BCUT2D eigenvalue weighted by Crippen LogP contribution is 2.23. The second-order valence-electron chi connectivity index (χ2n) is 6.25. The lowest BCUT2D eigenvalue weighted by Gasteiger charge is -2.15. The van der Waals surface area contributed by atoms with Gasteiger partial charge in [-0.25, -0.2) is 9.78 Å². The fourth-order valence-corrected chi connectivity index (χ4v) is 2.62. The van der Waals surface area contributed by atoms with E-state index in [-0.39, 0.29) is 12.1 Å². The molecular weight excluding hydrogens is 354 g/mol. The molecule has 3 rings (SSSR count). The van der Waals surface area contributed by atoms with Crippen LogP contribution >= 0.6 is 0 Å². The summed E-state index contributed by atoms with van der Waals surface area (Å²) in [4.78, 5) is 16.4. The van der Waals surface area contributed by atoms with Crippen LogP contribution in [0.5, 0.6) is 17.4 Å². The highest BCUT2D eigenvalue weighted by atomic mass is 16.5. The first kappa shape index (κ1) is 19.2. The molecule has 0 aliphatic heterocycles. The van der Waals surface area contributed by atoms with Gasteiger partial charge in [0, 0.05) is 24.9 Å². The van der Waals surface area contributed by atoms with Crippen LogP contribution in [0.1, 0.15) is 24.1 Å². The molecule has 0 saturated carbocycles. The molecule has 6 heteroatoms. The number of nitrogens with one attached hydrogen (secondary N) is 2. The van der Waals surface area contributed by atoms with Gasteiger partial charge in [-0.1, -0.05) is 42.5 Å². The summed E-state index contributed by atoms with van der Waals surface area (Å²) in [5.41, 5.74) is 1.93. The molecule has 3 aromatic rings. The Labute approximate surface area is 164 Å². The molecule has 2 aromatic carbocycles. The first-order valence-electron chi connectivity index (χ1n) is 9.00. The van der Waals surface area contributed by atoms with Crippen molar-refractivity contribution in [2.75, 3.05) is 7.11 Å². The van der Waals surface area contributed by atoms with Gasteiger partial charge in [0.05, 0.1) is 13.2 Å². The van der Waals surface area contributed by atoms with Crippen molar-refractivity contribution in [1.29, 1.82) is 0 Å². The first-order chi connectivity index (χ1) is 13.6. The zero-order valence-electron chi connectivity index (χ0n) is 15.9. The third kappa shape index (κ3) is 5.48. The Morgan fingerprint density at radius 2 is 1.82 bits per heavy atom. The van der Waals surface area contributed by atoms with E-state index in [2.05, 4.69) is 15.6 Å². The molecule has 1 heterocycles. The van der Waals surface area contributed by atoms with Crippen molar-refractivity contribution in [2.24, 2.45) is 0 Å². The standard InChI is InChI=1S/C22H23N3O3/c1-16(18-7-4-3-5-8-18)25-22(26)24-15-17-11-12-21(23-14-17)28-20-10-6-9-19(13-20)27-2/h3-14,16H,15H2,1-2H3,(H2,24,25,26). The predicted molar refractivity (Wildman–Crippen MR) is 108 cm³/mol. The van der Waals surface area contributed by atoms with E-state index in [0.717, 1.165) is 11.1 Å². The molecule has 28 heavy (non-hydrogen) atoms. The number of nitrogens with zero attached hydrogens (tertiary/aromatic N) is 1. The molecule has 1 atom stereocenters. The summed E-state index contributed by atoms with van der Waals surface area (Å²) in [7, 11) is 1.61. The normalized spacial score (nSPS) is 11.4. The Morgan fingerprint density at radius 3 is 2.54 bits per heavy atom. The van der Waals surface area contributed by atoms with E-state index in [0.29, 0.717) is 23.9 Å². The summed E-state index contributed by atoms with van der Waals surface area (Å²) in [5.74, 6) is 1.83. The van der Waals surface area contributed by atoms with Gasteiger partial charge in [-0.05, 0) is 30.2 Å². The van der Waals surface area contributed by atoms with Crippen molar-refractivity contribution in [3.63, 3.8) is 0 Å². The Hall–Kier alpha value is -3.54. The van der Waals surface area contributed by atoms with Crippen molar-refractivity contribution >= 4 is 6.03 Å². The number of pyridine rings is 1. The summed E-state index contributed by atoms with van der Waals surface area (Å²) in [6.07, 6.45) is 1.68. The SMILES string of the molecule is COc1cccc(Oc2ccc(CNC(=O)NC(C)c3ccccc3)cn2)c1. The number of aromatic nitrogens is 1. The van der Waals surface area contributed by atoms with Gasteiger partial charge in [0.2, 0.25) is 5.88 Å². The number of carbonyl (C=O) groups excluding carboxylic acids is 1. The number of amides is 2. The summed E-state index contributed by atoms with van der Waals surface area (Å²) in [6.45, 7) is 2.32. The molecule has 6 nitrogen and oxygen atoms in total. The van der Waals surface area contributed by atoms with Crippen LogP contribution < -0.4 is 20.1 Å². The molecule has 0 bridgehead atoms. The quantitative estimate of drug-likeness (QED) is 0.638. The largest absolute Gasteiger partial charge is 0.497 e. The number of hydrogen-bond acceptors (Lipinski definition) is 4. The summed E-state index contributed by atoms with van der Waals surface area (Å²) >= 11 is 0. The van der Waals surface area contributed by atoms with Gasteiger partial charge in [-0.15, -0.1) is 0 Å². The van der Waals surface area contributed by atoms with Gasteiger partial charge >= 0.3 is 6.03 Å². The molecule has 144 valence electrons. The Bertz CT molecular complexity index is 898. The highest BCUT2D eigenvalue weighted by Gasteiger charge is 2.09. The third-order valence-corrected chi connectivity index (χ3v) is 4.16. The van der Waals surface area contributed by atoms with Crippen LogP contribution in [0.25, 0.3) is 0 Å². The number of ether oxygens (including phenoxy) is 2. The second-order valence-corrected chi connectivity index (χ2v) is 6.25. The van der Waals surface area contributed by atoms with Crippen LogP contribution in [0.4, 0.5) is 4.79 Å². The predicted octanol–water partition coefficient (Wildman–Crippen LogP) is 4.44. The van der Waals surface area contributed by atoms with Crippen molar-refractivity contribution in [3.05, 3.63) is 84.1 Å². The molecule has 0 spiro atoms. The molecule has 0 aliphatic rings. The topological polar surface area (TPSA) is 72.5 Å². The van der Waals surface area contributed by atoms with E-state index >= 15 is 0 Å². The fourth-order valence-electron chi connectivity index (χ4n) is 2.62. The zero-order valence-corrected chi connectivity index (χ0v) is 15.9. The zero-order chi connectivity index (χ0) is 19.8. The number of urea groups is 1. The Kier molecular flexibility index (Phi) is 6.46. The number of benzene rings is 2. The van der Waals surface area contributed by atoms with E-state index in [1.54, 1.807) is 25.4 Å². The lowest BCUT2D eigenvalue weighted by Crippen LogP contribution is -2.36. The highest BCUT2D eigenvalue weighted by molar-refractivity contribution is 5.74. The van der Waals surface area contributed by atoms with Crippen LogP contribution in [-0.2, 0) is 6.54 Å². The number of methoxy groups -OCH3 is 1. The molecule has 2 N–H and O–H groups in total. The Morgan fingerprint density at radius 1 is 1.04 bits per heavy atom. The first-order valence-corrected chi connectivity index (χ1v) is 9.00. The van der Waals surface area contributed by atoms with E-state index in [9.17, 15) is 4.79 Å². The fraction of sp³-hybridized carbons (Fsp3) is 0.182. The van der Waals surface area contributed by atoms with E-state index in [1.165, 1.54) is 0 Å². The van der Waals surface area contributed by atoms with Crippen LogP contribution in [0.2, 0.25) is 0 Å². The van der Waals surface area contributed by atoms with Gasteiger partial charge in [-0.2, -0.15) is 0 Å². The van der Waals surface area contributed by atoms with Crippen molar-refractivity contribution < 1.29 is 14.3 Å². The summed E-state index contributed by atoms with van der Waals surface area (Å²) in [6, 6.07) is 20.5. The summed E-state index contributed by atoms with van der Waals surface area (Å²) in [5, 5.41) is 5.75. The van der Waals surface area contributed by atoms with Gasteiger partial charge < -0.3 is 20.1 Å². The van der Waals surface area contributed by atoms with E-state index in [4.69, 9.17) is 9.47 Å². The van der Waals surface area contributed by atoms with Crippen LogP contribution in [-0.4, -0.2) is 18.1 Å². The van der Waals surface area contributed by atoms with Crippen molar-refractivity contribution in [2.45, 2.75) is 19.5 Å². The molecule has 0 radical (unpaired) electrons. The number of hydrogen-bond donors (Lipinski definition) is 2. The maximum Gasteiger partial charge on any atom is 0.315 e. The Balaban J connectivity index is 1.49. The molecule has 1 aromatic heterocycles. The third-order valence-electron chi connectivity index (χ3n) is 4.16. The minimum atomic E-state index is -0.229. The van der Waals surface area contributed by atoms with Crippen LogP contribution in [0.3, 0.4) is 0 Å². The molecule has 1 unspecified atom stereocenters. The number of rotatable bonds is 7. The average Bonchev–Trinajstić information content (AvgIpc) is 2.74. The van der Waals surface area contributed by atoms with Crippen LogP contribution in [0, 0.1) is 0 Å². The monoisotopic (exact) mass is 377 g/mol.